The summed E-state index contributed by atoms with van der Waals surface area (Å²) in [6, 6.07) is 0. The highest BCUT2D eigenvalue weighted by Crippen LogP contribution is 1.93. The average molecular weight is 318 g/mol. The molecule has 0 saturated carbocycles. The van der Waals surface area contributed by atoms with Gasteiger partial charge in [-0.1, -0.05) is 13.8 Å². The van der Waals surface area contributed by atoms with Crippen LogP contribution in [0.2, 0.25) is 0 Å². The second-order valence-electron chi connectivity index (χ2n) is 5.32. The Morgan fingerprint density at radius 3 is 1.00 bits per heavy atom. The van der Waals surface area contributed by atoms with Crippen LogP contribution in [-0.4, -0.2) is 102 Å². The maximum atomic E-state index is 5.62. The van der Waals surface area contributed by atoms with E-state index < -0.39 is 0 Å². The van der Waals surface area contributed by atoms with Crippen LogP contribution in [0.4, 0.5) is 0 Å². The Morgan fingerprint density at radius 1 is 0.500 bits per heavy atom. The van der Waals surface area contributed by atoms with E-state index in [0.29, 0.717) is 26.4 Å². The molecule has 0 aromatic carbocycles. The molecule has 6 heteroatoms. The van der Waals surface area contributed by atoms with Crippen LogP contribution in [0.15, 0.2) is 0 Å². The number of likely N-dealkylation sites (N-methyl/N-ethyl adjacent to an activating group) is 2. The van der Waals surface area contributed by atoms with Gasteiger partial charge in [0.05, 0.1) is 52.9 Å². The highest BCUT2D eigenvalue weighted by Gasteiger charge is 2.04. The SMILES string of the molecule is CCN1CCOCCOCCN(CC)CCOCCOCC1. The Balaban J connectivity index is 2.25. The van der Waals surface area contributed by atoms with Crippen molar-refractivity contribution in [2.24, 2.45) is 0 Å². The second-order valence-corrected chi connectivity index (χ2v) is 5.32. The molecule has 132 valence electrons. The molecule has 1 heterocycles. The fraction of sp³-hybridized carbons (Fsp3) is 1.00. The van der Waals surface area contributed by atoms with Crippen LogP contribution in [0.25, 0.3) is 0 Å². The number of rotatable bonds is 2. The minimum atomic E-state index is 0.670. The zero-order valence-electron chi connectivity index (χ0n) is 14.4. The van der Waals surface area contributed by atoms with Crippen molar-refractivity contribution in [2.45, 2.75) is 13.8 Å². The smallest absolute Gasteiger partial charge is 0.0701 e. The largest absolute Gasteiger partial charge is 0.378 e. The molecule has 0 atom stereocenters. The van der Waals surface area contributed by atoms with Gasteiger partial charge in [0.1, 0.15) is 0 Å². The third-order valence-electron chi connectivity index (χ3n) is 3.85. The van der Waals surface area contributed by atoms with Crippen LogP contribution in [0, 0.1) is 0 Å². The molecular weight excluding hydrogens is 284 g/mol. The lowest BCUT2D eigenvalue weighted by Gasteiger charge is -2.21. The number of nitrogens with zero attached hydrogens (tertiary/aromatic N) is 2. The average Bonchev–Trinajstić information content (AvgIpc) is 2.54. The molecule has 0 amide bonds. The molecule has 0 aromatic rings. The first kappa shape index (κ1) is 19.8. The predicted molar refractivity (Wildman–Crippen MR) is 87.5 cm³/mol. The molecule has 1 aliphatic heterocycles. The Labute approximate surface area is 135 Å². The van der Waals surface area contributed by atoms with Crippen molar-refractivity contribution in [2.75, 3.05) is 92.1 Å². The summed E-state index contributed by atoms with van der Waals surface area (Å²) >= 11 is 0. The number of hydrogen-bond acceptors (Lipinski definition) is 6. The summed E-state index contributed by atoms with van der Waals surface area (Å²) in [4.78, 5) is 4.67. The Hall–Kier alpha value is -0.240. The van der Waals surface area contributed by atoms with E-state index in [0.717, 1.165) is 65.7 Å². The molecule has 1 fully saturated rings. The molecule has 0 aliphatic carbocycles. The molecule has 1 aliphatic rings. The van der Waals surface area contributed by atoms with Gasteiger partial charge in [-0.25, -0.2) is 0 Å². The van der Waals surface area contributed by atoms with Crippen LogP contribution in [0.5, 0.6) is 0 Å². The monoisotopic (exact) mass is 318 g/mol. The third-order valence-corrected chi connectivity index (χ3v) is 3.85. The molecule has 0 aromatic heterocycles. The zero-order chi connectivity index (χ0) is 15.9. The van der Waals surface area contributed by atoms with Gasteiger partial charge in [-0.2, -0.15) is 0 Å². The highest BCUT2D eigenvalue weighted by atomic mass is 16.5. The molecule has 1 rings (SSSR count). The van der Waals surface area contributed by atoms with Gasteiger partial charge in [0.25, 0.3) is 0 Å². The molecule has 0 bridgehead atoms. The predicted octanol–water partition coefficient (Wildman–Crippen LogP) is 0.710. The van der Waals surface area contributed by atoms with Crippen molar-refractivity contribution in [3.63, 3.8) is 0 Å². The van der Waals surface area contributed by atoms with Crippen molar-refractivity contribution in [3.05, 3.63) is 0 Å². The van der Waals surface area contributed by atoms with Crippen LogP contribution in [0.1, 0.15) is 13.8 Å². The Kier molecular flexibility index (Phi) is 12.9. The van der Waals surface area contributed by atoms with Gasteiger partial charge in [-0.05, 0) is 13.1 Å². The topological polar surface area (TPSA) is 43.4 Å². The highest BCUT2D eigenvalue weighted by molar-refractivity contribution is 4.56. The first-order chi connectivity index (χ1) is 10.9. The van der Waals surface area contributed by atoms with Crippen LogP contribution >= 0.6 is 0 Å². The van der Waals surface area contributed by atoms with Gasteiger partial charge < -0.3 is 18.9 Å². The lowest BCUT2D eigenvalue weighted by molar-refractivity contribution is 0.00927. The maximum absolute atomic E-state index is 5.62. The Morgan fingerprint density at radius 2 is 0.773 bits per heavy atom. The van der Waals surface area contributed by atoms with Gasteiger partial charge in [-0.3, -0.25) is 9.80 Å². The van der Waals surface area contributed by atoms with Crippen molar-refractivity contribution in [1.82, 2.24) is 9.80 Å². The zero-order valence-corrected chi connectivity index (χ0v) is 14.4. The van der Waals surface area contributed by atoms with E-state index in [1.807, 2.05) is 0 Å². The summed E-state index contributed by atoms with van der Waals surface area (Å²) in [5, 5.41) is 0. The molecular formula is C16H34N2O4. The quantitative estimate of drug-likeness (QED) is 0.747. The summed E-state index contributed by atoms with van der Waals surface area (Å²) in [7, 11) is 0. The first-order valence-electron chi connectivity index (χ1n) is 8.62. The van der Waals surface area contributed by atoms with Crippen LogP contribution in [-0.2, 0) is 18.9 Å². The van der Waals surface area contributed by atoms with E-state index in [4.69, 9.17) is 18.9 Å². The number of ether oxygens (including phenoxy) is 4. The van der Waals surface area contributed by atoms with Crippen molar-refractivity contribution < 1.29 is 18.9 Å². The molecule has 0 spiro atoms. The van der Waals surface area contributed by atoms with E-state index in [1.54, 1.807) is 0 Å². The molecule has 0 radical (unpaired) electrons. The van der Waals surface area contributed by atoms with E-state index in [1.165, 1.54) is 0 Å². The minimum absolute atomic E-state index is 0.670. The fourth-order valence-electron chi connectivity index (χ4n) is 2.27. The Bertz CT molecular complexity index is 200. The molecule has 22 heavy (non-hydrogen) atoms. The van der Waals surface area contributed by atoms with Gasteiger partial charge >= 0.3 is 0 Å². The van der Waals surface area contributed by atoms with E-state index >= 15 is 0 Å². The summed E-state index contributed by atoms with van der Waals surface area (Å²) in [6.07, 6.45) is 0. The molecule has 6 nitrogen and oxygen atoms in total. The second kappa shape index (κ2) is 14.4. The van der Waals surface area contributed by atoms with E-state index in [-0.39, 0.29) is 0 Å². The lowest BCUT2D eigenvalue weighted by atomic mass is 10.4. The van der Waals surface area contributed by atoms with Gasteiger partial charge in [-0.15, -0.1) is 0 Å². The van der Waals surface area contributed by atoms with Gasteiger partial charge in [0.2, 0.25) is 0 Å². The van der Waals surface area contributed by atoms with Crippen molar-refractivity contribution in [3.8, 4) is 0 Å². The van der Waals surface area contributed by atoms with Crippen molar-refractivity contribution in [1.29, 1.82) is 0 Å². The minimum Gasteiger partial charge on any atom is -0.378 e. The maximum Gasteiger partial charge on any atom is 0.0701 e. The van der Waals surface area contributed by atoms with Gasteiger partial charge in [0, 0.05) is 26.2 Å². The fourth-order valence-corrected chi connectivity index (χ4v) is 2.27. The third kappa shape index (κ3) is 10.5. The lowest BCUT2D eigenvalue weighted by Crippen LogP contribution is -2.32. The molecule has 0 unspecified atom stereocenters. The summed E-state index contributed by atoms with van der Waals surface area (Å²) < 4.78 is 22.5. The summed E-state index contributed by atoms with van der Waals surface area (Å²) in [5.74, 6) is 0. The van der Waals surface area contributed by atoms with Gasteiger partial charge in [0.15, 0.2) is 0 Å². The van der Waals surface area contributed by atoms with Crippen LogP contribution < -0.4 is 0 Å². The first-order valence-corrected chi connectivity index (χ1v) is 8.62. The van der Waals surface area contributed by atoms with E-state index in [9.17, 15) is 0 Å². The molecule has 0 N–H and O–H groups in total. The molecule has 1 saturated heterocycles. The van der Waals surface area contributed by atoms with Crippen LogP contribution in [0.3, 0.4) is 0 Å². The standard InChI is InChI=1S/C16H34N2O4/c1-3-17-5-9-19-13-15-21-11-7-18(4-2)8-12-22-16-14-20-10-6-17/h3-16H2,1-2H3. The normalized spacial score (nSPS) is 23.7. The van der Waals surface area contributed by atoms with E-state index in [2.05, 4.69) is 23.6 Å². The number of hydrogen-bond donors (Lipinski definition) is 0. The summed E-state index contributed by atoms with van der Waals surface area (Å²) in [6.45, 7) is 15.8. The van der Waals surface area contributed by atoms with Crippen molar-refractivity contribution >= 4 is 0 Å². The summed E-state index contributed by atoms with van der Waals surface area (Å²) in [5.41, 5.74) is 0.